The van der Waals surface area contributed by atoms with Gasteiger partial charge in [0.15, 0.2) is 11.8 Å². The molecule has 2 unspecified atom stereocenters. The predicted molar refractivity (Wildman–Crippen MR) is 124 cm³/mol. The highest BCUT2D eigenvalue weighted by Gasteiger charge is 2.27. The van der Waals surface area contributed by atoms with Gasteiger partial charge in [-0.05, 0) is 38.4 Å². The van der Waals surface area contributed by atoms with E-state index in [0.717, 1.165) is 62.4 Å². The second kappa shape index (κ2) is 10.8. The molecule has 0 spiro atoms. The molecular weight excluding hydrogens is 406 g/mol. The Balaban J connectivity index is 1.40. The lowest BCUT2D eigenvalue weighted by Gasteiger charge is -2.31. The average molecular weight is 442 g/mol. The van der Waals surface area contributed by atoms with Gasteiger partial charge in [-0.15, -0.1) is 0 Å². The number of aliphatic imine (C=N–C) groups is 1. The lowest BCUT2D eigenvalue weighted by atomic mass is 10.0. The molecule has 32 heavy (non-hydrogen) atoms. The van der Waals surface area contributed by atoms with Gasteiger partial charge in [0.05, 0.1) is 19.7 Å². The van der Waals surface area contributed by atoms with E-state index in [9.17, 15) is 0 Å². The van der Waals surface area contributed by atoms with Crippen LogP contribution in [-0.2, 0) is 24.3 Å². The summed E-state index contributed by atoms with van der Waals surface area (Å²) in [5.41, 5.74) is 1.22. The summed E-state index contributed by atoms with van der Waals surface area (Å²) in [6, 6.07) is 8.81. The van der Waals surface area contributed by atoms with Gasteiger partial charge in [0.2, 0.25) is 0 Å². The van der Waals surface area contributed by atoms with Crippen molar-refractivity contribution in [1.29, 1.82) is 0 Å². The fraction of sp³-hybridized carbons (Fsp3) is 0.609. The van der Waals surface area contributed by atoms with Crippen molar-refractivity contribution in [1.82, 2.24) is 30.3 Å². The van der Waals surface area contributed by atoms with Gasteiger partial charge in [0, 0.05) is 38.7 Å². The quantitative estimate of drug-likeness (QED) is 0.477. The Morgan fingerprint density at radius 3 is 2.81 bits per heavy atom. The summed E-state index contributed by atoms with van der Waals surface area (Å²) in [6.45, 7) is 4.20. The van der Waals surface area contributed by atoms with E-state index in [0.29, 0.717) is 6.61 Å². The first-order valence-corrected chi connectivity index (χ1v) is 11.5. The van der Waals surface area contributed by atoms with Gasteiger partial charge in [-0.25, -0.2) is 9.67 Å². The van der Waals surface area contributed by atoms with Crippen molar-refractivity contribution in [2.45, 2.75) is 50.9 Å². The number of aromatic nitrogens is 3. The SMILES string of the molecule is CN=C(NCC(c1ccccc1OC)N1CCCC1)NC1CCc2nc(COC)nn2C1. The molecule has 3 heterocycles. The van der Waals surface area contributed by atoms with Crippen LogP contribution in [0.15, 0.2) is 29.3 Å². The lowest BCUT2D eigenvalue weighted by Crippen LogP contribution is -2.49. The molecule has 9 heteroatoms. The molecule has 0 bridgehead atoms. The maximum Gasteiger partial charge on any atom is 0.191 e. The normalized spacial score (nSPS) is 20.1. The Morgan fingerprint density at radius 1 is 1.25 bits per heavy atom. The molecule has 1 aromatic heterocycles. The van der Waals surface area contributed by atoms with Crippen molar-refractivity contribution in [3.63, 3.8) is 0 Å². The Hall–Kier alpha value is -2.65. The molecule has 0 aliphatic carbocycles. The molecule has 0 saturated carbocycles. The highest BCUT2D eigenvalue weighted by molar-refractivity contribution is 5.80. The number of rotatable bonds is 8. The summed E-state index contributed by atoms with van der Waals surface area (Å²) in [5.74, 6) is 3.53. The number of aryl methyl sites for hydroxylation is 1. The van der Waals surface area contributed by atoms with E-state index in [1.165, 1.54) is 18.4 Å². The minimum atomic E-state index is 0.233. The van der Waals surface area contributed by atoms with Crippen LogP contribution in [0.3, 0.4) is 0 Å². The van der Waals surface area contributed by atoms with Gasteiger partial charge in [0.25, 0.3) is 0 Å². The Kier molecular flexibility index (Phi) is 7.59. The minimum absolute atomic E-state index is 0.233. The fourth-order valence-electron chi connectivity index (χ4n) is 4.68. The van der Waals surface area contributed by atoms with Crippen LogP contribution in [0.4, 0.5) is 0 Å². The second-order valence-corrected chi connectivity index (χ2v) is 8.39. The number of nitrogens with zero attached hydrogens (tertiary/aromatic N) is 5. The second-order valence-electron chi connectivity index (χ2n) is 8.39. The number of hydrogen-bond acceptors (Lipinski definition) is 6. The molecule has 4 rings (SSSR count). The van der Waals surface area contributed by atoms with Crippen LogP contribution >= 0.6 is 0 Å². The van der Waals surface area contributed by atoms with E-state index >= 15 is 0 Å². The number of methoxy groups -OCH3 is 2. The molecule has 1 aromatic carbocycles. The van der Waals surface area contributed by atoms with Crippen LogP contribution < -0.4 is 15.4 Å². The van der Waals surface area contributed by atoms with Crippen LogP contribution in [0.25, 0.3) is 0 Å². The third kappa shape index (κ3) is 5.21. The monoisotopic (exact) mass is 441 g/mol. The molecule has 9 nitrogen and oxygen atoms in total. The summed E-state index contributed by atoms with van der Waals surface area (Å²) in [7, 11) is 5.23. The summed E-state index contributed by atoms with van der Waals surface area (Å²) in [6.07, 6.45) is 4.37. The molecular formula is C23H35N7O2. The van der Waals surface area contributed by atoms with Gasteiger partial charge >= 0.3 is 0 Å². The molecule has 1 saturated heterocycles. The van der Waals surface area contributed by atoms with Gasteiger partial charge in [0.1, 0.15) is 18.2 Å². The Labute approximate surface area is 190 Å². The molecule has 2 aromatic rings. The van der Waals surface area contributed by atoms with E-state index in [2.05, 4.69) is 42.7 Å². The topological polar surface area (TPSA) is 88.8 Å². The van der Waals surface area contributed by atoms with Gasteiger partial charge in [-0.2, -0.15) is 5.10 Å². The summed E-state index contributed by atoms with van der Waals surface area (Å²) < 4.78 is 12.8. The van der Waals surface area contributed by atoms with E-state index in [1.807, 2.05) is 23.9 Å². The first kappa shape index (κ1) is 22.5. The lowest BCUT2D eigenvalue weighted by molar-refractivity contribution is 0.177. The Morgan fingerprint density at radius 2 is 2.06 bits per heavy atom. The zero-order valence-electron chi connectivity index (χ0n) is 19.4. The molecule has 2 aliphatic heterocycles. The molecule has 2 atom stereocenters. The Bertz CT molecular complexity index is 907. The number of benzene rings is 1. The number of nitrogens with one attached hydrogen (secondary N) is 2. The highest BCUT2D eigenvalue weighted by atomic mass is 16.5. The summed E-state index contributed by atoms with van der Waals surface area (Å²) in [4.78, 5) is 11.6. The van der Waals surface area contributed by atoms with Crippen LogP contribution in [0.1, 0.15) is 42.5 Å². The number of fused-ring (bicyclic) bond motifs is 1. The van der Waals surface area contributed by atoms with Gasteiger partial charge in [-0.3, -0.25) is 9.89 Å². The molecule has 174 valence electrons. The van der Waals surface area contributed by atoms with Crippen molar-refractivity contribution in [3.05, 3.63) is 41.5 Å². The summed E-state index contributed by atoms with van der Waals surface area (Å²) >= 11 is 0. The van der Waals surface area contributed by atoms with Crippen LogP contribution in [-0.4, -0.2) is 72.6 Å². The van der Waals surface area contributed by atoms with E-state index in [-0.39, 0.29) is 12.1 Å². The van der Waals surface area contributed by atoms with Crippen molar-refractivity contribution >= 4 is 5.96 Å². The first-order valence-electron chi connectivity index (χ1n) is 11.5. The first-order chi connectivity index (χ1) is 15.7. The smallest absolute Gasteiger partial charge is 0.191 e. The van der Waals surface area contributed by atoms with E-state index in [1.54, 1.807) is 14.2 Å². The van der Waals surface area contributed by atoms with E-state index in [4.69, 9.17) is 9.47 Å². The third-order valence-electron chi connectivity index (χ3n) is 6.28. The molecule has 2 aliphatic rings. The standard InChI is InChI=1S/C23H35N7O2/c1-24-23(26-17-10-11-22-27-21(16-31-2)28-30(22)15-17)25-14-19(29-12-6-7-13-29)18-8-4-5-9-20(18)32-3/h4-5,8-9,17,19H,6-7,10-16H2,1-3H3,(H2,24,25,26). The van der Waals surface area contributed by atoms with Crippen LogP contribution in [0.5, 0.6) is 5.75 Å². The fourth-order valence-corrected chi connectivity index (χ4v) is 4.68. The number of ether oxygens (including phenoxy) is 2. The van der Waals surface area contributed by atoms with Crippen molar-refractivity contribution in [2.75, 3.05) is 40.9 Å². The average Bonchev–Trinajstić information content (AvgIpc) is 3.48. The molecule has 0 amide bonds. The zero-order chi connectivity index (χ0) is 22.3. The molecule has 0 radical (unpaired) electrons. The van der Waals surface area contributed by atoms with Gasteiger partial charge < -0.3 is 20.1 Å². The number of likely N-dealkylation sites (tertiary alicyclic amines) is 1. The molecule has 2 N–H and O–H groups in total. The van der Waals surface area contributed by atoms with Gasteiger partial charge in [-0.1, -0.05) is 18.2 Å². The van der Waals surface area contributed by atoms with Crippen LogP contribution in [0, 0.1) is 0 Å². The van der Waals surface area contributed by atoms with Crippen molar-refractivity contribution in [2.24, 2.45) is 4.99 Å². The molecule has 1 fully saturated rings. The maximum absolute atomic E-state index is 5.67. The maximum atomic E-state index is 5.67. The predicted octanol–water partition coefficient (Wildman–Crippen LogP) is 1.75. The summed E-state index contributed by atoms with van der Waals surface area (Å²) in [5, 5.41) is 11.7. The van der Waals surface area contributed by atoms with E-state index < -0.39 is 0 Å². The largest absolute Gasteiger partial charge is 0.496 e. The third-order valence-corrected chi connectivity index (χ3v) is 6.28. The number of guanidine groups is 1. The minimum Gasteiger partial charge on any atom is -0.496 e. The van der Waals surface area contributed by atoms with Crippen LogP contribution in [0.2, 0.25) is 0 Å². The zero-order valence-corrected chi connectivity index (χ0v) is 19.4. The highest BCUT2D eigenvalue weighted by Crippen LogP contribution is 2.31. The van der Waals surface area contributed by atoms with Crippen molar-refractivity contribution < 1.29 is 9.47 Å². The number of para-hydroxylation sites is 1. The van der Waals surface area contributed by atoms with Crippen molar-refractivity contribution in [3.8, 4) is 5.75 Å². The number of hydrogen-bond donors (Lipinski definition) is 2.